The zero-order valence-electron chi connectivity index (χ0n) is 16.0. The minimum absolute atomic E-state index is 0.171. The van der Waals surface area contributed by atoms with Gasteiger partial charge < -0.3 is 10.6 Å². The van der Waals surface area contributed by atoms with Gasteiger partial charge in [0.05, 0.1) is 0 Å². The third kappa shape index (κ3) is 4.65. The molecule has 5 heteroatoms. The molecule has 0 spiro atoms. The molecule has 0 aliphatic heterocycles. The van der Waals surface area contributed by atoms with Crippen molar-refractivity contribution in [2.24, 2.45) is 0 Å². The highest BCUT2D eigenvalue weighted by Gasteiger charge is 2.08. The molecule has 0 unspecified atom stereocenters. The van der Waals surface area contributed by atoms with Gasteiger partial charge in [0.25, 0.3) is 5.91 Å². The van der Waals surface area contributed by atoms with Crippen molar-refractivity contribution in [2.75, 3.05) is 10.6 Å². The van der Waals surface area contributed by atoms with Gasteiger partial charge in [-0.1, -0.05) is 54.1 Å². The number of benzene rings is 3. The number of amides is 1. The van der Waals surface area contributed by atoms with Gasteiger partial charge in [-0.3, -0.25) is 4.79 Å². The van der Waals surface area contributed by atoms with E-state index < -0.39 is 0 Å². The van der Waals surface area contributed by atoms with E-state index in [1.807, 2.05) is 54.6 Å². The summed E-state index contributed by atoms with van der Waals surface area (Å²) in [5, 5.41) is 6.03. The maximum atomic E-state index is 12.5. The van der Waals surface area contributed by atoms with Gasteiger partial charge in [-0.25, -0.2) is 9.97 Å². The molecule has 4 aromatic rings. The van der Waals surface area contributed by atoms with Crippen LogP contribution in [0.1, 0.15) is 15.9 Å². The van der Waals surface area contributed by atoms with Crippen LogP contribution in [0.2, 0.25) is 0 Å². The zero-order chi connectivity index (χ0) is 20.1. The molecule has 0 bridgehead atoms. The molecular formula is C24H20N4O. The highest BCUT2D eigenvalue weighted by Crippen LogP contribution is 2.21. The number of nitrogens with one attached hydrogen (secondary N) is 2. The molecule has 5 nitrogen and oxygen atoms in total. The molecule has 0 aliphatic carbocycles. The van der Waals surface area contributed by atoms with E-state index in [-0.39, 0.29) is 5.91 Å². The molecule has 0 aliphatic rings. The topological polar surface area (TPSA) is 66.9 Å². The number of anilines is 3. The second kappa shape index (κ2) is 8.35. The van der Waals surface area contributed by atoms with E-state index in [9.17, 15) is 4.79 Å². The lowest BCUT2D eigenvalue weighted by Gasteiger charge is -2.09. The summed E-state index contributed by atoms with van der Waals surface area (Å²) in [5.41, 5.74) is 5.27. The van der Waals surface area contributed by atoms with Crippen molar-refractivity contribution in [2.45, 2.75) is 6.92 Å². The number of aromatic nitrogens is 2. The largest absolute Gasteiger partial charge is 0.324 e. The van der Waals surface area contributed by atoms with Crippen molar-refractivity contribution in [1.82, 2.24) is 9.97 Å². The Hall–Kier alpha value is -3.99. The number of carbonyl (C=O) groups is 1. The number of para-hydroxylation sites is 1. The summed E-state index contributed by atoms with van der Waals surface area (Å²) < 4.78 is 0. The fourth-order valence-electron chi connectivity index (χ4n) is 2.96. The third-order valence-corrected chi connectivity index (χ3v) is 4.42. The van der Waals surface area contributed by atoms with Crippen molar-refractivity contribution < 1.29 is 4.79 Å². The Morgan fingerprint density at radius 2 is 1.48 bits per heavy atom. The molecule has 0 atom stereocenters. The molecule has 142 valence electrons. The van der Waals surface area contributed by atoms with E-state index in [1.165, 1.54) is 5.56 Å². The van der Waals surface area contributed by atoms with Crippen LogP contribution < -0.4 is 10.6 Å². The lowest BCUT2D eigenvalue weighted by atomic mass is 10.1. The second-order valence-corrected chi connectivity index (χ2v) is 6.69. The first-order valence-electron chi connectivity index (χ1n) is 9.30. The number of nitrogens with zero attached hydrogens (tertiary/aromatic N) is 2. The minimum Gasteiger partial charge on any atom is -0.324 e. The van der Waals surface area contributed by atoms with Crippen molar-refractivity contribution >= 4 is 23.2 Å². The zero-order valence-corrected chi connectivity index (χ0v) is 16.0. The first kappa shape index (κ1) is 18.4. The van der Waals surface area contributed by atoms with Crippen LogP contribution in [0.3, 0.4) is 0 Å². The average molecular weight is 380 g/mol. The Bertz CT molecular complexity index is 1120. The fraction of sp³-hybridized carbons (Fsp3) is 0.0417. The van der Waals surface area contributed by atoms with Gasteiger partial charge in [0, 0.05) is 34.9 Å². The molecule has 0 saturated carbocycles. The van der Waals surface area contributed by atoms with Crippen molar-refractivity contribution in [3.8, 4) is 11.1 Å². The Labute approximate surface area is 169 Å². The van der Waals surface area contributed by atoms with Gasteiger partial charge in [0.2, 0.25) is 5.95 Å². The molecule has 0 saturated heterocycles. The number of aryl methyl sites for hydroxylation is 1. The predicted molar refractivity (Wildman–Crippen MR) is 116 cm³/mol. The monoisotopic (exact) mass is 380 g/mol. The summed E-state index contributed by atoms with van der Waals surface area (Å²) >= 11 is 0. The van der Waals surface area contributed by atoms with Crippen LogP contribution in [0.5, 0.6) is 0 Å². The maximum Gasteiger partial charge on any atom is 0.255 e. The van der Waals surface area contributed by atoms with Crippen LogP contribution in [0.4, 0.5) is 17.3 Å². The Balaban J connectivity index is 1.47. The van der Waals surface area contributed by atoms with Gasteiger partial charge in [0.1, 0.15) is 0 Å². The summed E-state index contributed by atoms with van der Waals surface area (Å²) in [4.78, 5) is 21.3. The van der Waals surface area contributed by atoms with Crippen LogP contribution in [-0.2, 0) is 0 Å². The molecular weight excluding hydrogens is 360 g/mol. The van der Waals surface area contributed by atoms with E-state index in [4.69, 9.17) is 0 Å². The Morgan fingerprint density at radius 3 is 2.24 bits per heavy atom. The van der Waals surface area contributed by atoms with Crippen molar-refractivity contribution in [3.05, 3.63) is 102 Å². The quantitative estimate of drug-likeness (QED) is 0.483. The fourth-order valence-corrected chi connectivity index (χ4v) is 2.96. The molecule has 1 heterocycles. The minimum atomic E-state index is -0.171. The van der Waals surface area contributed by atoms with Crippen LogP contribution in [-0.4, -0.2) is 15.9 Å². The van der Waals surface area contributed by atoms with E-state index in [2.05, 4.69) is 39.7 Å². The summed E-state index contributed by atoms with van der Waals surface area (Å²) in [5.74, 6) is 0.303. The SMILES string of the molecule is Cc1cccc(-c2cnc(Nc3cccc(C(=O)Nc4ccccc4)c3)nc2)c1. The predicted octanol–water partition coefficient (Wildman–Crippen LogP) is 5.45. The smallest absolute Gasteiger partial charge is 0.255 e. The van der Waals surface area contributed by atoms with Gasteiger partial charge >= 0.3 is 0 Å². The van der Waals surface area contributed by atoms with Crippen LogP contribution >= 0.6 is 0 Å². The highest BCUT2D eigenvalue weighted by atomic mass is 16.1. The standard InChI is InChI=1S/C24H20N4O/c1-17-7-5-8-18(13-17)20-15-25-24(26-16-20)28-22-12-6-9-19(14-22)23(29)27-21-10-3-2-4-11-21/h2-16H,1H3,(H,27,29)(H,25,26,28). The average Bonchev–Trinajstić information content (AvgIpc) is 2.75. The van der Waals surface area contributed by atoms with E-state index in [1.54, 1.807) is 24.5 Å². The molecule has 0 fully saturated rings. The van der Waals surface area contributed by atoms with Gasteiger partial charge in [-0.2, -0.15) is 0 Å². The van der Waals surface area contributed by atoms with Gasteiger partial charge in [-0.15, -0.1) is 0 Å². The molecule has 1 aromatic heterocycles. The third-order valence-electron chi connectivity index (χ3n) is 4.42. The van der Waals surface area contributed by atoms with Gasteiger partial charge in [-0.05, 0) is 42.8 Å². The first-order chi connectivity index (χ1) is 14.2. The van der Waals surface area contributed by atoms with E-state index in [0.717, 1.165) is 22.5 Å². The lowest BCUT2D eigenvalue weighted by Crippen LogP contribution is -2.12. The summed E-state index contributed by atoms with van der Waals surface area (Å²) in [6.45, 7) is 2.06. The number of carbonyl (C=O) groups excluding carboxylic acids is 1. The Kier molecular flexibility index (Phi) is 5.29. The normalized spacial score (nSPS) is 10.4. The second-order valence-electron chi connectivity index (χ2n) is 6.69. The summed E-state index contributed by atoms with van der Waals surface area (Å²) in [6.07, 6.45) is 3.58. The summed E-state index contributed by atoms with van der Waals surface area (Å²) in [6, 6.07) is 24.8. The van der Waals surface area contributed by atoms with Crippen LogP contribution in [0.15, 0.2) is 91.3 Å². The first-order valence-corrected chi connectivity index (χ1v) is 9.30. The van der Waals surface area contributed by atoms with Crippen LogP contribution in [0.25, 0.3) is 11.1 Å². The molecule has 3 aromatic carbocycles. The Morgan fingerprint density at radius 1 is 0.759 bits per heavy atom. The number of hydrogen-bond acceptors (Lipinski definition) is 4. The number of rotatable bonds is 5. The van der Waals surface area contributed by atoms with Crippen molar-refractivity contribution in [3.63, 3.8) is 0 Å². The lowest BCUT2D eigenvalue weighted by molar-refractivity contribution is 0.102. The molecule has 1 amide bonds. The van der Waals surface area contributed by atoms with Gasteiger partial charge in [0.15, 0.2) is 0 Å². The highest BCUT2D eigenvalue weighted by molar-refractivity contribution is 6.04. The van der Waals surface area contributed by atoms with Crippen LogP contribution in [0, 0.1) is 6.92 Å². The van der Waals surface area contributed by atoms with Crippen molar-refractivity contribution in [1.29, 1.82) is 0 Å². The maximum absolute atomic E-state index is 12.5. The molecule has 4 rings (SSSR count). The molecule has 29 heavy (non-hydrogen) atoms. The van der Waals surface area contributed by atoms with E-state index in [0.29, 0.717) is 11.5 Å². The molecule has 0 radical (unpaired) electrons. The number of hydrogen-bond donors (Lipinski definition) is 2. The van der Waals surface area contributed by atoms with E-state index >= 15 is 0 Å². The summed E-state index contributed by atoms with van der Waals surface area (Å²) in [7, 11) is 0. The molecule has 2 N–H and O–H groups in total.